The summed E-state index contributed by atoms with van der Waals surface area (Å²) < 4.78 is 0. The number of allylic oxidation sites excluding steroid dienone is 2. The molecule has 1 saturated heterocycles. The van der Waals surface area contributed by atoms with Gasteiger partial charge in [0.15, 0.2) is 0 Å². The van der Waals surface area contributed by atoms with E-state index in [9.17, 15) is 14.7 Å². The van der Waals surface area contributed by atoms with E-state index in [0.29, 0.717) is 11.3 Å². The number of carboxylic acid groups (broad SMARTS) is 1. The third-order valence-electron chi connectivity index (χ3n) is 5.29. The largest absolute Gasteiger partial charge is 0.480 e. The Balaban J connectivity index is 1.77. The highest BCUT2D eigenvalue weighted by atomic mass is 16.4. The van der Waals surface area contributed by atoms with Crippen LogP contribution in [0.5, 0.6) is 0 Å². The monoisotopic (exact) mass is 312 g/mol. The van der Waals surface area contributed by atoms with Gasteiger partial charge in [0.05, 0.1) is 11.3 Å². The van der Waals surface area contributed by atoms with Gasteiger partial charge in [-0.05, 0) is 30.9 Å². The van der Waals surface area contributed by atoms with Crippen LogP contribution in [0.25, 0.3) is 0 Å². The van der Waals surface area contributed by atoms with Crippen molar-refractivity contribution in [2.75, 3.05) is 18.4 Å². The smallest absolute Gasteiger partial charge is 0.326 e. The average molecular weight is 312 g/mol. The summed E-state index contributed by atoms with van der Waals surface area (Å²) in [5.41, 5.74) is 2.37. The van der Waals surface area contributed by atoms with E-state index in [1.54, 1.807) is 0 Å². The Morgan fingerprint density at radius 3 is 2.74 bits per heavy atom. The third-order valence-corrected chi connectivity index (χ3v) is 5.29. The second-order valence-electron chi connectivity index (χ2n) is 6.58. The van der Waals surface area contributed by atoms with Crippen LogP contribution in [0.15, 0.2) is 30.4 Å². The number of carbonyl (C=O) groups is 2. The number of aliphatic carboxylic acids is 1. The summed E-state index contributed by atoms with van der Waals surface area (Å²) in [5.74, 6) is -0.731. The Hall–Kier alpha value is -2.30. The Morgan fingerprint density at radius 1 is 1.22 bits per heavy atom. The second kappa shape index (κ2) is 5.41. The van der Waals surface area contributed by atoms with Crippen molar-refractivity contribution in [3.8, 4) is 0 Å². The Kier molecular flexibility index (Phi) is 3.36. The Morgan fingerprint density at radius 2 is 2.00 bits per heavy atom. The molecule has 120 valence electrons. The lowest BCUT2D eigenvalue weighted by molar-refractivity contribution is -0.139. The summed E-state index contributed by atoms with van der Waals surface area (Å²) in [6.45, 7) is 1.58. The highest BCUT2D eigenvalue weighted by Crippen LogP contribution is 2.45. The van der Waals surface area contributed by atoms with Crippen LogP contribution in [0.1, 0.15) is 41.1 Å². The predicted molar refractivity (Wildman–Crippen MR) is 86.6 cm³/mol. The van der Waals surface area contributed by atoms with Gasteiger partial charge in [-0.3, -0.25) is 4.79 Å². The third kappa shape index (κ3) is 2.22. The van der Waals surface area contributed by atoms with Crippen LogP contribution in [-0.2, 0) is 4.79 Å². The molecule has 1 amide bonds. The molecule has 5 heteroatoms. The zero-order valence-corrected chi connectivity index (χ0v) is 12.9. The van der Waals surface area contributed by atoms with Crippen LogP contribution in [0.2, 0.25) is 0 Å². The number of para-hydroxylation sites is 1. The normalized spacial score (nSPS) is 28.2. The van der Waals surface area contributed by atoms with Gasteiger partial charge in [-0.25, -0.2) is 4.79 Å². The second-order valence-corrected chi connectivity index (χ2v) is 6.58. The minimum Gasteiger partial charge on any atom is -0.480 e. The first-order chi connectivity index (χ1) is 11.2. The van der Waals surface area contributed by atoms with Gasteiger partial charge in [-0.15, -0.1) is 0 Å². The fraction of sp³-hybridized carbons (Fsp3) is 0.444. The molecule has 4 rings (SSSR count). The minimum absolute atomic E-state index is 0.0106. The maximum atomic E-state index is 12.8. The summed E-state index contributed by atoms with van der Waals surface area (Å²) in [6.07, 6.45) is 6.98. The predicted octanol–water partition coefficient (Wildman–Crippen LogP) is 2.46. The van der Waals surface area contributed by atoms with Crippen molar-refractivity contribution in [2.45, 2.75) is 31.2 Å². The van der Waals surface area contributed by atoms with Crippen molar-refractivity contribution in [2.24, 2.45) is 5.92 Å². The maximum Gasteiger partial charge on any atom is 0.326 e. The van der Waals surface area contributed by atoms with Gasteiger partial charge in [0.25, 0.3) is 5.91 Å². The van der Waals surface area contributed by atoms with E-state index in [0.717, 1.165) is 37.9 Å². The van der Waals surface area contributed by atoms with Gasteiger partial charge in [0, 0.05) is 24.9 Å². The molecule has 0 unspecified atom stereocenters. The van der Waals surface area contributed by atoms with Crippen molar-refractivity contribution < 1.29 is 14.7 Å². The summed E-state index contributed by atoms with van der Waals surface area (Å²) in [7, 11) is 0. The van der Waals surface area contributed by atoms with E-state index in [-0.39, 0.29) is 17.7 Å². The zero-order valence-electron chi connectivity index (χ0n) is 12.9. The van der Waals surface area contributed by atoms with Crippen molar-refractivity contribution in [3.05, 3.63) is 41.5 Å². The molecule has 1 fully saturated rings. The maximum absolute atomic E-state index is 12.8. The van der Waals surface area contributed by atoms with Crippen LogP contribution in [-0.4, -0.2) is 41.0 Å². The SMILES string of the molecule is O=C(O)[C@@H]1Nc2c(C(=O)N3CCCC3)cccc2[C@@H]2C=CC[C@@H]12. The minimum atomic E-state index is -0.849. The number of nitrogens with zero attached hydrogens (tertiary/aromatic N) is 1. The molecule has 3 atom stereocenters. The molecule has 1 aromatic carbocycles. The van der Waals surface area contributed by atoms with Gasteiger partial charge in [0.1, 0.15) is 6.04 Å². The standard InChI is InChI=1S/C18H20N2O3/c21-17(20-9-1-2-10-20)14-8-4-6-12-11-5-3-7-13(11)16(18(22)23)19-15(12)14/h3-6,8,11,13,16,19H,1-2,7,9-10H2,(H,22,23)/t11-,13+,16+/m0/s1. The first-order valence-electron chi connectivity index (χ1n) is 8.25. The van der Waals surface area contributed by atoms with Gasteiger partial charge < -0.3 is 15.3 Å². The molecule has 23 heavy (non-hydrogen) atoms. The molecule has 0 bridgehead atoms. The molecule has 1 aromatic rings. The first kappa shape index (κ1) is 14.3. The van der Waals surface area contributed by atoms with E-state index < -0.39 is 12.0 Å². The summed E-state index contributed by atoms with van der Waals surface area (Å²) in [5, 5.41) is 12.7. The lowest BCUT2D eigenvalue weighted by Crippen LogP contribution is -2.43. The molecule has 5 nitrogen and oxygen atoms in total. The number of carbonyl (C=O) groups excluding carboxylic acids is 1. The zero-order chi connectivity index (χ0) is 16.0. The highest BCUT2D eigenvalue weighted by Gasteiger charge is 2.42. The molecule has 0 spiro atoms. The number of hydrogen-bond acceptors (Lipinski definition) is 3. The summed E-state index contributed by atoms with van der Waals surface area (Å²) in [4.78, 5) is 26.3. The van der Waals surface area contributed by atoms with Crippen molar-refractivity contribution in [1.29, 1.82) is 0 Å². The molecular formula is C18H20N2O3. The van der Waals surface area contributed by atoms with E-state index >= 15 is 0 Å². The Bertz CT molecular complexity index is 692. The van der Waals surface area contributed by atoms with E-state index in [1.165, 1.54) is 0 Å². The van der Waals surface area contributed by atoms with E-state index in [1.807, 2.05) is 23.1 Å². The van der Waals surface area contributed by atoms with Crippen LogP contribution in [0.4, 0.5) is 5.69 Å². The van der Waals surface area contributed by atoms with Gasteiger partial charge in [-0.1, -0.05) is 24.3 Å². The lowest BCUT2D eigenvalue weighted by atomic mass is 9.78. The average Bonchev–Trinajstić information content (AvgIpc) is 3.23. The topological polar surface area (TPSA) is 69.6 Å². The number of benzene rings is 1. The van der Waals surface area contributed by atoms with E-state index in [4.69, 9.17) is 0 Å². The molecule has 0 radical (unpaired) electrons. The molecule has 0 aromatic heterocycles. The number of hydrogen-bond donors (Lipinski definition) is 2. The number of fused-ring (bicyclic) bond motifs is 3. The quantitative estimate of drug-likeness (QED) is 0.823. The first-order valence-corrected chi connectivity index (χ1v) is 8.25. The van der Waals surface area contributed by atoms with Gasteiger partial charge >= 0.3 is 5.97 Å². The fourth-order valence-electron chi connectivity index (χ4n) is 4.13. The summed E-state index contributed by atoms with van der Waals surface area (Å²) in [6, 6.07) is 5.09. The van der Waals surface area contributed by atoms with Crippen molar-refractivity contribution >= 4 is 17.6 Å². The van der Waals surface area contributed by atoms with Crippen molar-refractivity contribution in [1.82, 2.24) is 4.90 Å². The number of amides is 1. The number of nitrogens with one attached hydrogen (secondary N) is 1. The molecule has 0 saturated carbocycles. The number of rotatable bonds is 2. The molecule has 2 heterocycles. The molecule has 2 aliphatic heterocycles. The van der Waals surface area contributed by atoms with Crippen molar-refractivity contribution in [3.63, 3.8) is 0 Å². The molecule has 3 aliphatic rings. The number of likely N-dealkylation sites (tertiary alicyclic amines) is 1. The Labute approximate surface area is 135 Å². The molecule has 1 aliphatic carbocycles. The van der Waals surface area contributed by atoms with Crippen LogP contribution < -0.4 is 5.32 Å². The fourth-order valence-corrected chi connectivity index (χ4v) is 4.13. The van der Waals surface area contributed by atoms with Gasteiger partial charge in [0.2, 0.25) is 0 Å². The van der Waals surface area contributed by atoms with Crippen LogP contribution >= 0.6 is 0 Å². The van der Waals surface area contributed by atoms with Crippen LogP contribution in [0.3, 0.4) is 0 Å². The number of carboxylic acids is 1. The van der Waals surface area contributed by atoms with E-state index in [2.05, 4.69) is 17.5 Å². The summed E-state index contributed by atoms with van der Waals surface area (Å²) >= 11 is 0. The molecular weight excluding hydrogens is 292 g/mol. The van der Waals surface area contributed by atoms with Crippen LogP contribution in [0, 0.1) is 5.92 Å². The lowest BCUT2D eigenvalue weighted by Gasteiger charge is -2.36. The highest BCUT2D eigenvalue weighted by molar-refractivity contribution is 6.01. The number of anilines is 1. The van der Waals surface area contributed by atoms with Gasteiger partial charge in [-0.2, -0.15) is 0 Å². The molecule has 2 N–H and O–H groups in total.